The second-order valence-electron chi connectivity index (χ2n) is 2.72. The van der Waals surface area contributed by atoms with Crippen LogP contribution in [0.25, 0.3) is 0 Å². The normalized spacial score (nSPS) is 11.3. The standard InChI is InChI=1S/C9H7F3O2S/c1-14-8(13)6-4-5(9(10,11)12)2-3-7(6)15/h2-4,15H,1H3. The van der Waals surface area contributed by atoms with E-state index in [2.05, 4.69) is 17.4 Å². The van der Waals surface area contributed by atoms with Gasteiger partial charge in [-0.3, -0.25) is 0 Å². The maximum absolute atomic E-state index is 12.3. The van der Waals surface area contributed by atoms with E-state index in [0.717, 1.165) is 19.2 Å². The third-order valence-electron chi connectivity index (χ3n) is 1.73. The number of methoxy groups -OCH3 is 1. The number of halogens is 3. The molecule has 2 nitrogen and oxygen atoms in total. The van der Waals surface area contributed by atoms with Crippen molar-refractivity contribution in [1.29, 1.82) is 0 Å². The van der Waals surface area contributed by atoms with Crippen LogP contribution in [0.15, 0.2) is 23.1 Å². The maximum atomic E-state index is 12.3. The predicted molar refractivity (Wildman–Crippen MR) is 50.0 cm³/mol. The molecular formula is C9H7F3O2S. The summed E-state index contributed by atoms with van der Waals surface area (Å²) < 4.78 is 41.2. The number of carbonyl (C=O) groups is 1. The number of esters is 1. The molecule has 0 aliphatic carbocycles. The lowest BCUT2D eigenvalue weighted by atomic mass is 10.1. The highest BCUT2D eigenvalue weighted by atomic mass is 32.1. The summed E-state index contributed by atoms with van der Waals surface area (Å²) in [6.07, 6.45) is -4.48. The number of alkyl halides is 3. The van der Waals surface area contributed by atoms with Gasteiger partial charge in [0.15, 0.2) is 0 Å². The number of ether oxygens (including phenoxy) is 1. The van der Waals surface area contributed by atoms with Gasteiger partial charge >= 0.3 is 12.1 Å². The maximum Gasteiger partial charge on any atom is 0.416 e. The SMILES string of the molecule is COC(=O)c1cc(C(F)(F)F)ccc1S. The Morgan fingerprint density at radius 1 is 1.40 bits per heavy atom. The summed E-state index contributed by atoms with van der Waals surface area (Å²) in [4.78, 5) is 11.2. The first-order valence-corrected chi connectivity index (χ1v) is 4.29. The molecule has 0 unspecified atom stereocenters. The van der Waals surface area contributed by atoms with Crippen LogP contribution < -0.4 is 0 Å². The van der Waals surface area contributed by atoms with Crippen LogP contribution in [0.3, 0.4) is 0 Å². The topological polar surface area (TPSA) is 26.3 Å². The molecule has 0 N–H and O–H groups in total. The van der Waals surface area contributed by atoms with Crippen LogP contribution in [-0.2, 0) is 10.9 Å². The molecule has 0 saturated carbocycles. The average Bonchev–Trinajstić information content (AvgIpc) is 2.15. The molecule has 15 heavy (non-hydrogen) atoms. The largest absolute Gasteiger partial charge is 0.465 e. The van der Waals surface area contributed by atoms with Crippen molar-refractivity contribution in [3.05, 3.63) is 29.3 Å². The Labute approximate surface area is 89.5 Å². The van der Waals surface area contributed by atoms with Crippen molar-refractivity contribution in [2.45, 2.75) is 11.1 Å². The highest BCUT2D eigenvalue weighted by Gasteiger charge is 2.31. The zero-order valence-electron chi connectivity index (χ0n) is 7.63. The summed E-state index contributed by atoms with van der Waals surface area (Å²) in [5.74, 6) is -0.842. The van der Waals surface area contributed by atoms with Gasteiger partial charge in [-0.15, -0.1) is 12.6 Å². The van der Waals surface area contributed by atoms with E-state index in [4.69, 9.17) is 0 Å². The zero-order chi connectivity index (χ0) is 11.6. The van der Waals surface area contributed by atoms with Crippen molar-refractivity contribution in [1.82, 2.24) is 0 Å². The highest BCUT2D eigenvalue weighted by molar-refractivity contribution is 7.80. The summed E-state index contributed by atoms with van der Waals surface area (Å²) >= 11 is 3.87. The van der Waals surface area contributed by atoms with Crippen LogP contribution >= 0.6 is 12.6 Å². The number of carbonyl (C=O) groups excluding carboxylic acids is 1. The van der Waals surface area contributed by atoms with Crippen LogP contribution in [0.1, 0.15) is 15.9 Å². The molecule has 82 valence electrons. The van der Waals surface area contributed by atoms with E-state index in [1.54, 1.807) is 0 Å². The minimum Gasteiger partial charge on any atom is -0.465 e. The molecule has 0 aromatic heterocycles. The second-order valence-corrected chi connectivity index (χ2v) is 3.20. The van der Waals surface area contributed by atoms with E-state index >= 15 is 0 Å². The van der Waals surface area contributed by atoms with Crippen molar-refractivity contribution in [3.8, 4) is 0 Å². The lowest BCUT2D eigenvalue weighted by Crippen LogP contribution is -2.09. The Morgan fingerprint density at radius 2 is 2.00 bits per heavy atom. The molecule has 0 aliphatic heterocycles. The van der Waals surface area contributed by atoms with Gasteiger partial charge in [0.2, 0.25) is 0 Å². The fourth-order valence-corrected chi connectivity index (χ4v) is 1.22. The average molecular weight is 236 g/mol. The summed E-state index contributed by atoms with van der Waals surface area (Å²) in [5, 5.41) is 0. The predicted octanol–water partition coefficient (Wildman–Crippen LogP) is 2.78. The van der Waals surface area contributed by atoms with E-state index in [-0.39, 0.29) is 10.5 Å². The molecule has 0 amide bonds. The second kappa shape index (κ2) is 4.14. The Balaban J connectivity index is 3.23. The van der Waals surface area contributed by atoms with Crippen molar-refractivity contribution < 1.29 is 22.7 Å². The number of thiol groups is 1. The summed E-state index contributed by atoms with van der Waals surface area (Å²) in [5.41, 5.74) is -1.10. The monoisotopic (exact) mass is 236 g/mol. The molecule has 0 bridgehead atoms. The lowest BCUT2D eigenvalue weighted by Gasteiger charge is -2.09. The van der Waals surface area contributed by atoms with E-state index < -0.39 is 17.7 Å². The Bertz CT molecular complexity index is 387. The van der Waals surface area contributed by atoms with Crippen molar-refractivity contribution in [2.24, 2.45) is 0 Å². The highest BCUT2D eigenvalue weighted by Crippen LogP contribution is 2.31. The van der Waals surface area contributed by atoms with Gasteiger partial charge in [0.05, 0.1) is 18.2 Å². The van der Waals surface area contributed by atoms with Gasteiger partial charge in [-0.1, -0.05) is 0 Å². The van der Waals surface area contributed by atoms with E-state index in [1.807, 2.05) is 0 Å². The van der Waals surface area contributed by atoms with Crippen LogP contribution in [-0.4, -0.2) is 13.1 Å². The molecule has 0 atom stereocenters. The number of hydrogen-bond acceptors (Lipinski definition) is 3. The zero-order valence-corrected chi connectivity index (χ0v) is 8.52. The quantitative estimate of drug-likeness (QED) is 0.599. The molecular weight excluding hydrogens is 229 g/mol. The minimum absolute atomic E-state index is 0.148. The van der Waals surface area contributed by atoms with Gasteiger partial charge in [0.1, 0.15) is 0 Å². The molecule has 1 aromatic rings. The van der Waals surface area contributed by atoms with E-state index in [0.29, 0.717) is 6.07 Å². The van der Waals surface area contributed by atoms with Crippen LogP contribution in [0.5, 0.6) is 0 Å². The molecule has 0 saturated heterocycles. The lowest BCUT2D eigenvalue weighted by molar-refractivity contribution is -0.137. The molecule has 0 aliphatic rings. The van der Waals surface area contributed by atoms with Gasteiger partial charge in [-0.05, 0) is 18.2 Å². The molecule has 0 spiro atoms. The van der Waals surface area contributed by atoms with Gasteiger partial charge in [0.25, 0.3) is 0 Å². The summed E-state index contributed by atoms with van der Waals surface area (Å²) in [6, 6.07) is 2.68. The van der Waals surface area contributed by atoms with Crippen molar-refractivity contribution >= 4 is 18.6 Å². The summed E-state index contributed by atoms with van der Waals surface area (Å²) in [6.45, 7) is 0. The van der Waals surface area contributed by atoms with Crippen LogP contribution in [0.4, 0.5) is 13.2 Å². The molecule has 6 heteroatoms. The van der Waals surface area contributed by atoms with Crippen molar-refractivity contribution in [2.75, 3.05) is 7.11 Å². The first kappa shape index (κ1) is 11.9. The third kappa shape index (κ3) is 2.65. The van der Waals surface area contributed by atoms with Gasteiger partial charge in [-0.25, -0.2) is 4.79 Å². The van der Waals surface area contributed by atoms with Gasteiger partial charge in [0, 0.05) is 4.90 Å². The fourth-order valence-electron chi connectivity index (χ4n) is 0.986. The van der Waals surface area contributed by atoms with Crippen LogP contribution in [0.2, 0.25) is 0 Å². The van der Waals surface area contributed by atoms with Gasteiger partial charge < -0.3 is 4.74 Å². The first-order chi connectivity index (χ1) is 6.86. The summed E-state index contributed by atoms with van der Waals surface area (Å²) in [7, 11) is 1.09. The molecule has 0 heterocycles. The Morgan fingerprint density at radius 3 is 2.47 bits per heavy atom. The smallest absolute Gasteiger partial charge is 0.416 e. The van der Waals surface area contributed by atoms with E-state index in [1.165, 1.54) is 0 Å². The fraction of sp³-hybridized carbons (Fsp3) is 0.222. The third-order valence-corrected chi connectivity index (χ3v) is 2.12. The molecule has 1 rings (SSSR count). The minimum atomic E-state index is -4.48. The Kier molecular flexibility index (Phi) is 3.28. The molecule has 0 fully saturated rings. The Hall–Kier alpha value is -1.17. The molecule has 1 aromatic carbocycles. The first-order valence-electron chi connectivity index (χ1n) is 3.85. The number of benzene rings is 1. The molecule has 0 radical (unpaired) electrons. The number of hydrogen-bond donors (Lipinski definition) is 1. The van der Waals surface area contributed by atoms with E-state index in [9.17, 15) is 18.0 Å². The van der Waals surface area contributed by atoms with Gasteiger partial charge in [-0.2, -0.15) is 13.2 Å². The number of rotatable bonds is 1. The van der Waals surface area contributed by atoms with Crippen LogP contribution in [0, 0.1) is 0 Å². The van der Waals surface area contributed by atoms with Crippen molar-refractivity contribution in [3.63, 3.8) is 0 Å².